The molecule has 1 aliphatic rings. The number of anilines is 1. The molecule has 2 aromatic heterocycles. The number of hydrogen-bond acceptors (Lipinski definition) is 8. The molecule has 0 aromatic carbocycles. The predicted molar refractivity (Wildman–Crippen MR) is 76.6 cm³/mol. The van der Waals surface area contributed by atoms with E-state index in [4.69, 9.17) is 15.6 Å². The van der Waals surface area contributed by atoms with Crippen molar-refractivity contribution in [2.24, 2.45) is 0 Å². The van der Waals surface area contributed by atoms with Gasteiger partial charge < -0.3 is 20.7 Å². The van der Waals surface area contributed by atoms with Crippen LogP contribution in [-0.4, -0.2) is 48.5 Å². The average molecular weight is 307 g/mol. The SMILES string of the molecule is Nc1ccn([C@H]2C[C@H](O)[C@@H](CO)O2)c(=O)n1.c1cncnc1. The molecule has 22 heavy (non-hydrogen) atoms. The fourth-order valence-corrected chi connectivity index (χ4v) is 1.95. The van der Waals surface area contributed by atoms with Crippen LogP contribution in [0.2, 0.25) is 0 Å². The van der Waals surface area contributed by atoms with Gasteiger partial charge in [0.15, 0.2) is 0 Å². The number of aliphatic hydroxyl groups is 2. The molecule has 0 bridgehead atoms. The number of nitrogen functional groups attached to an aromatic ring is 1. The molecule has 0 unspecified atom stereocenters. The monoisotopic (exact) mass is 307 g/mol. The lowest BCUT2D eigenvalue weighted by atomic mass is 10.2. The highest BCUT2D eigenvalue weighted by molar-refractivity contribution is 5.23. The van der Waals surface area contributed by atoms with Gasteiger partial charge in [0.2, 0.25) is 0 Å². The number of ether oxygens (including phenoxy) is 1. The van der Waals surface area contributed by atoms with E-state index in [0.29, 0.717) is 0 Å². The van der Waals surface area contributed by atoms with Gasteiger partial charge in [-0.3, -0.25) is 4.57 Å². The summed E-state index contributed by atoms with van der Waals surface area (Å²) in [4.78, 5) is 22.4. The van der Waals surface area contributed by atoms with Gasteiger partial charge in [0.05, 0.1) is 12.7 Å². The minimum Gasteiger partial charge on any atom is -0.394 e. The molecule has 0 aliphatic carbocycles. The number of aliphatic hydroxyl groups excluding tert-OH is 2. The first-order chi connectivity index (χ1) is 10.6. The van der Waals surface area contributed by atoms with Crippen molar-refractivity contribution in [2.45, 2.75) is 24.9 Å². The van der Waals surface area contributed by atoms with Gasteiger partial charge in [-0.25, -0.2) is 14.8 Å². The molecule has 0 radical (unpaired) electrons. The van der Waals surface area contributed by atoms with Crippen LogP contribution in [0.25, 0.3) is 0 Å². The molecule has 1 saturated heterocycles. The molecule has 9 heteroatoms. The normalized spacial score (nSPS) is 23.6. The maximum atomic E-state index is 11.5. The van der Waals surface area contributed by atoms with Gasteiger partial charge in [-0.05, 0) is 12.1 Å². The van der Waals surface area contributed by atoms with Gasteiger partial charge >= 0.3 is 5.69 Å². The summed E-state index contributed by atoms with van der Waals surface area (Å²) in [5.74, 6) is 0.138. The molecule has 118 valence electrons. The lowest BCUT2D eigenvalue weighted by Crippen LogP contribution is -2.27. The Morgan fingerprint density at radius 3 is 2.59 bits per heavy atom. The molecule has 0 amide bonds. The molecule has 0 saturated carbocycles. The van der Waals surface area contributed by atoms with Crippen molar-refractivity contribution in [3.8, 4) is 0 Å². The van der Waals surface area contributed by atoms with E-state index in [-0.39, 0.29) is 18.8 Å². The highest BCUT2D eigenvalue weighted by Gasteiger charge is 2.34. The van der Waals surface area contributed by atoms with Crippen LogP contribution >= 0.6 is 0 Å². The zero-order valence-electron chi connectivity index (χ0n) is 11.7. The van der Waals surface area contributed by atoms with Crippen LogP contribution < -0.4 is 11.4 Å². The van der Waals surface area contributed by atoms with Crippen LogP contribution in [0.4, 0.5) is 5.82 Å². The molecule has 3 rings (SSSR count). The fraction of sp³-hybridized carbons (Fsp3) is 0.385. The molecule has 2 aromatic rings. The highest BCUT2D eigenvalue weighted by atomic mass is 16.5. The van der Waals surface area contributed by atoms with E-state index in [1.807, 2.05) is 0 Å². The summed E-state index contributed by atoms with van der Waals surface area (Å²) in [6.45, 7) is -0.283. The smallest absolute Gasteiger partial charge is 0.351 e. The van der Waals surface area contributed by atoms with Gasteiger partial charge in [0.1, 0.15) is 24.5 Å². The Bertz CT molecular complexity index is 609. The van der Waals surface area contributed by atoms with Gasteiger partial charge in [0, 0.05) is 25.0 Å². The molecule has 9 nitrogen and oxygen atoms in total. The van der Waals surface area contributed by atoms with E-state index < -0.39 is 24.1 Å². The lowest BCUT2D eigenvalue weighted by molar-refractivity contribution is -0.0458. The number of nitrogens with two attached hydrogens (primary N) is 1. The molecular weight excluding hydrogens is 290 g/mol. The van der Waals surface area contributed by atoms with E-state index in [1.165, 1.54) is 23.2 Å². The van der Waals surface area contributed by atoms with Crippen molar-refractivity contribution in [1.82, 2.24) is 19.5 Å². The van der Waals surface area contributed by atoms with Crippen molar-refractivity contribution in [2.75, 3.05) is 12.3 Å². The third-order valence-electron chi connectivity index (χ3n) is 3.02. The van der Waals surface area contributed by atoms with Gasteiger partial charge in [-0.15, -0.1) is 0 Å². The minimum atomic E-state index is -0.778. The number of rotatable bonds is 2. The zero-order chi connectivity index (χ0) is 15.9. The lowest BCUT2D eigenvalue weighted by Gasteiger charge is -2.13. The molecule has 1 fully saturated rings. The molecule has 3 atom stereocenters. The van der Waals surface area contributed by atoms with Crippen molar-refractivity contribution < 1.29 is 14.9 Å². The summed E-state index contributed by atoms with van der Waals surface area (Å²) in [6.07, 6.45) is 4.54. The second kappa shape index (κ2) is 7.59. The summed E-state index contributed by atoms with van der Waals surface area (Å²) < 4.78 is 6.56. The Hall–Kier alpha value is -2.36. The summed E-state index contributed by atoms with van der Waals surface area (Å²) in [6, 6.07) is 3.25. The van der Waals surface area contributed by atoms with Gasteiger partial charge in [-0.2, -0.15) is 4.98 Å². The van der Waals surface area contributed by atoms with Gasteiger partial charge in [-0.1, -0.05) is 0 Å². The van der Waals surface area contributed by atoms with E-state index in [0.717, 1.165) is 0 Å². The number of aromatic nitrogens is 4. The van der Waals surface area contributed by atoms with Crippen molar-refractivity contribution in [1.29, 1.82) is 0 Å². The second-order valence-electron chi connectivity index (χ2n) is 4.56. The Morgan fingerprint density at radius 1 is 1.41 bits per heavy atom. The van der Waals surface area contributed by atoms with E-state index >= 15 is 0 Å². The minimum absolute atomic E-state index is 0.138. The first-order valence-corrected chi connectivity index (χ1v) is 6.61. The standard InChI is InChI=1S/C9H13N3O4.C4H4N2/c10-7-1-2-12(9(15)11-7)8-3-5(14)6(4-13)16-8;1-2-5-4-6-3-1/h1-2,5-6,8,13-14H,3-4H2,(H2,10,11,15);1-4H/t5-,6+,8+;/m0./s1. The maximum absolute atomic E-state index is 11.5. The van der Waals surface area contributed by atoms with Crippen LogP contribution in [0.5, 0.6) is 0 Å². The summed E-state index contributed by atoms with van der Waals surface area (Å²) in [7, 11) is 0. The van der Waals surface area contributed by atoms with Crippen molar-refractivity contribution in [3.63, 3.8) is 0 Å². The van der Waals surface area contributed by atoms with Crippen LogP contribution in [0.15, 0.2) is 41.8 Å². The fourth-order valence-electron chi connectivity index (χ4n) is 1.95. The largest absolute Gasteiger partial charge is 0.394 e. The third kappa shape index (κ3) is 4.07. The Labute approximate surface area is 126 Å². The molecule has 0 spiro atoms. The van der Waals surface area contributed by atoms with Crippen LogP contribution in [0.3, 0.4) is 0 Å². The van der Waals surface area contributed by atoms with Crippen molar-refractivity contribution >= 4 is 5.82 Å². The zero-order valence-corrected chi connectivity index (χ0v) is 11.7. The molecule has 3 heterocycles. The summed E-state index contributed by atoms with van der Waals surface area (Å²) >= 11 is 0. The first-order valence-electron chi connectivity index (χ1n) is 6.61. The van der Waals surface area contributed by atoms with E-state index in [1.54, 1.807) is 18.5 Å². The Kier molecular flexibility index (Phi) is 5.53. The van der Waals surface area contributed by atoms with Gasteiger partial charge in [0.25, 0.3) is 0 Å². The van der Waals surface area contributed by atoms with E-state index in [2.05, 4.69) is 15.0 Å². The van der Waals surface area contributed by atoms with Crippen molar-refractivity contribution in [3.05, 3.63) is 47.5 Å². The Morgan fingerprint density at radius 2 is 2.14 bits per heavy atom. The topological polar surface area (TPSA) is 136 Å². The molecule has 4 N–H and O–H groups in total. The molecule has 1 aliphatic heterocycles. The summed E-state index contributed by atoms with van der Waals surface area (Å²) in [5, 5.41) is 18.4. The highest BCUT2D eigenvalue weighted by Crippen LogP contribution is 2.27. The summed E-state index contributed by atoms with van der Waals surface area (Å²) in [5.41, 5.74) is 4.82. The number of nitrogens with zero attached hydrogens (tertiary/aromatic N) is 4. The molecular formula is C13H17N5O4. The van der Waals surface area contributed by atoms with Crippen LogP contribution in [0.1, 0.15) is 12.6 Å². The first kappa shape index (κ1) is 16.0. The quantitative estimate of drug-likeness (QED) is 0.639. The van der Waals surface area contributed by atoms with E-state index in [9.17, 15) is 9.90 Å². The Balaban J connectivity index is 0.000000246. The second-order valence-corrected chi connectivity index (χ2v) is 4.56. The predicted octanol–water partition coefficient (Wildman–Crippen LogP) is -1.06. The average Bonchev–Trinajstić information content (AvgIpc) is 2.90. The van der Waals surface area contributed by atoms with Crippen LogP contribution in [0, 0.1) is 0 Å². The maximum Gasteiger partial charge on any atom is 0.351 e. The number of hydrogen-bond donors (Lipinski definition) is 3. The van der Waals surface area contributed by atoms with Crippen LogP contribution in [-0.2, 0) is 4.74 Å². The third-order valence-corrected chi connectivity index (χ3v) is 3.02.